The fourth-order valence-corrected chi connectivity index (χ4v) is 2.67. The molecule has 19 heavy (non-hydrogen) atoms. The molecule has 1 amide bonds. The summed E-state index contributed by atoms with van der Waals surface area (Å²) in [5.74, 6) is 1.45. The van der Waals surface area contributed by atoms with Gasteiger partial charge < -0.3 is 14.6 Å². The maximum Gasteiger partial charge on any atom is 0.289 e. The van der Waals surface area contributed by atoms with Gasteiger partial charge in [-0.3, -0.25) is 4.79 Å². The van der Waals surface area contributed by atoms with Crippen LogP contribution in [0, 0.1) is 6.92 Å². The molecule has 1 aromatic rings. The monoisotopic (exact) mass is 286 g/mol. The van der Waals surface area contributed by atoms with Crippen molar-refractivity contribution in [1.29, 1.82) is 0 Å². The predicted molar refractivity (Wildman–Crippen MR) is 78.1 cm³/mol. The van der Waals surface area contributed by atoms with Crippen LogP contribution in [-0.2, 0) is 6.42 Å². The van der Waals surface area contributed by atoms with Crippen LogP contribution < -0.4 is 5.32 Å². The molecule has 1 unspecified atom stereocenters. The topological polar surface area (TPSA) is 45.5 Å². The Morgan fingerprint density at radius 1 is 1.58 bits per heavy atom. The third-order valence-electron chi connectivity index (χ3n) is 3.63. The van der Waals surface area contributed by atoms with Crippen LogP contribution in [0.4, 0.5) is 0 Å². The second kappa shape index (κ2) is 6.96. The van der Waals surface area contributed by atoms with E-state index < -0.39 is 0 Å². The Morgan fingerprint density at radius 3 is 2.89 bits per heavy atom. The van der Waals surface area contributed by atoms with E-state index in [2.05, 4.69) is 5.32 Å². The summed E-state index contributed by atoms with van der Waals surface area (Å²) >= 11 is 0. The number of nitrogens with one attached hydrogen (secondary N) is 1. The minimum Gasteiger partial charge on any atom is -0.456 e. The maximum absolute atomic E-state index is 12.4. The van der Waals surface area contributed by atoms with Gasteiger partial charge in [0.2, 0.25) is 0 Å². The highest BCUT2D eigenvalue weighted by molar-refractivity contribution is 5.92. The van der Waals surface area contributed by atoms with Crippen molar-refractivity contribution < 1.29 is 9.21 Å². The molecule has 2 heterocycles. The van der Waals surface area contributed by atoms with E-state index in [4.69, 9.17) is 4.42 Å². The number of likely N-dealkylation sites (tertiary alicyclic amines) is 1. The SMILES string of the molecule is CCc1oc(C(=O)N2CCCC2CNC)cc1C.Cl. The zero-order chi connectivity index (χ0) is 13.1. The fraction of sp³-hybridized carbons (Fsp3) is 0.643. The highest BCUT2D eigenvalue weighted by atomic mass is 35.5. The lowest BCUT2D eigenvalue weighted by Gasteiger charge is -2.23. The van der Waals surface area contributed by atoms with E-state index in [0.29, 0.717) is 11.8 Å². The first kappa shape index (κ1) is 16.1. The van der Waals surface area contributed by atoms with Gasteiger partial charge in [-0.05, 0) is 38.4 Å². The summed E-state index contributed by atoms with van der Waals surface area (Å²) in [6.07, 6.45) is 2.99. The lowest BCUT2D eigenvalue weighted by molar-refractivity contribution is 0.0703. The molecule has 108 valence electrons. The van der Waals surface area contributed by atoms with Crippen LogP contribution in [0.15, 0.2) is 10.5 Å². The average molecular weight is 287 g/mol. The molecule has 0 radical (unpaired) electrons. The van der Waals surface area contributed by atoms with E-state index in [-0.39, 0.29) is 18.3 Å². The fourth-order valence-electron chi connectivity index (χ4n) is 2.67. The van der Waals surface area contributed by atoms with Crippen LogP contribution >= 0.6 is 12.4 Å². The second-order valence-electron chi connectivity index (χ2n) is 4.92. The molecule has 1 aliphatic heterocycles. The lowest BCUT2D eigenvalue weighted by atomic mass is 10.2. The van der Waals surface area contributed by atoms with Crippen LogP contribution in [0.3, 0.4) is 0 Å². The molecule has 0 aliphatic carbocycles. The van der Waals surface area contributed by atoms with Gasteiger partial charge in [-0.2, -0.15) is 0 Å². The molecule has 5 heteroatoms. The quantitative estimate of drug-likeness (QED) is 0.924. The molecular formula is C14H23ClN2O2. The van der Waals surface area contributed by atoms with E-state index in [0.717, 1.165) is 43.7 Å². The van der Waals surface area contributed by atoms with Gasteiger partial charge in [-0.1, -0.05) is 6.92 Å². The van der Waals surface area contributed by atoms with Gasteiger partial charge in [-0.25, -0.2) is 0 Å². The molecule has 1 atom stereocenters. The van der Waals surface area contributed by atoms with Gasteiger partial charge in [0.25, 0.3) is 5.91 Å². The number of amides is 1. The minimum atomic E-state index is 0. The molecule has 1 fully saturated rings. The van der Waals surface area contributed by atoms with Crippen molar-refractivity contribution in [3.8, 4) is 0 Å². The summed E-state index contributed by atoms with van der Waals surface area (Å²) in [6.45, 7) is 5.73. The third kappa shape index (κ3) is 3.31. The molecule has 1 aromatic heterocycles. The highest BCUT2D eigenvalue weighted by Gasteiger charge is 2.30. The van der Waals surface area contributed by atoms with E-state index in [1.165, 1.54) is 0 Å². The first-order chi connectivity index (χ1) is 8.67. The van der Waals surface area contributed by atoms with E-state index >= 15 is 0 Å². The lowest BCUT2D eigenvalue weighted by Crippen LogP contribution is -2.40. The van der Waals surface area contributed by atoms with Gasteiger partial charge in [0.1, 0.15) is 5.76 Å². The molecule has 1 saturated heterocycles. The van der Waals surface area contributed by atoms with Crippen molar-refractivity contribution in [2.24, 2.45) is 0 Å². The highest BCUT2D eigenvalue weighted by Crippen LogP contribution is 2.22. The van der Waals surface area contributed by atoms with Gasteiger partial charge in [0, 0.05) is 25.6 Å². The summed E-state index contributed by atoms with van der Waals surface area (Å²) in [5.41, 5.74) is 1.07. The number of aryl methyl sites for hydroxylation is 2. The first-order valence-electron chi connectivity index (χ1n) is 6.72. The van der Waals surface area contributed by atoms with Crippen molar-refractivity contribution in [1.82, 2.24) is 10.2 Å². The minimum absolute atomic E-state index is 0. The first-order valence-corrected chi connectivity index (χ1v) is 6.72. The molecule has 0 aromatic carbocycles. The van der Waals surface area contributed by atoms with Crippen molar-refractivity contribution in [3.05, 3.63) is 23.2 Å². The predicted octanol–water partition coefficient (Wildman–Crippen LogP) is 2.40. The maximum atomic E-state index is 12.4. The summed E-state index contributed by atoms with van der Waals surface area (Å²) < 4.78 is 5.65. The van der Waals surface area contributed by atoms with Crippen LogP contribution in [0.5, 0.6) is 0 Å². The number of nitrogens with zero attached hydrogens (tertiary/aromatic N) is 1. The Morgan fingerprint density at radius 2 is 2.32 bits per heavy atom. The van der Waals surface area contributed by atoms with Crippen molar-refractivity contribution in [2.45, 2.75) is 39.2 Å². The number of carbonyl (C=O) groups is 1. The number of rotatable bonds is 4. The number of hydrogen-bond acceptors (Lipinski definition) is 3. The summed E-state index contributed by atoms with van der Waals surface area (Å²) in [4.78, 5) is 14.4. The number of furan rings is 1. The molecule has 2 rings (SSSR count). The largest absolute Gasteiger partial charge is 0.456 e. The van der Waals surface area contributed by atoms with Crippen LogP contribution in [-0.4, -0.2) is 37.0 Å². The summed E-state index contributed by atoms with van der Waals surface area (Å²) in [5, 5.41) is 3.15. The molecule has 1 N–H and O–H groups in total. The van der Waals surface area contributed by atoms with Gasteiger partial charge in [-0.15, -0.1) is 12.4 Å². The summed E-state index contributed by atoms with van der Waals surface area (Å²) in [7, 11) is 1.92. The molecule has 4 nitrogen and oxygen atoms in total. The van der Waals surface area contributed by atoms with Crippen LogP contribution in [0.2, 0.25) is 0 Å². The third-order valence-corrected chi connectivity index (χ3v) is 3.63. The molecule has 0 bridgehead atoms. The van der Waals surface area contributed by atoms with Crippen molar-refractivity contribution >= 4 is 18.3 Å². The van der Waals surface area contributed by atoms with E-state index in [1.807, 2.05) is 31.9 Å². The number of halogens is 1. The van der Waals surface area contributed by atoms with Gasteiger partial charge in [0.05, 0.1) is 0 Å². The summed E-state index contributed by atoms with van der Waals surface area (Å²) in [6, 6.07) is 2.17. The molecule has 0 spiro atoms. The standard InChI is InChI=1S/C14H22N2O2.ClH/c1-4-12-10(2)8-13(18-12)14(17)16-7-5-6-11(16)9-15-3;/h8,11,15H,4-7,9H2,1-3H3;1H. The van der Waals surface area contributed by atoms with E-state index in [9.17, 15) is 4.79 Å². The van der Waals surface area contributed by atoms with Crippen molar-refractivity contribution in [2.75, 3.05) is 20.1 Å². The van der Waals surface area contributed by atoms with Crippen molar-refractivity contribution in [3.63, 3.8) is 0 Å². The Hall–Kier alpha value is -1.00. The Bertz CT molecular complexity index is 431. The molecule has 0 saturated carbocycles. The molecular weight excluding hydrogens is 264 g/mol. The Kier molecular flexibility index (Phi) is 5.88. The zero-order valence-electron chi connectivity index (χ0n) is 11.9. The normalized spacial score (nSPS) is 18.5. The number of carbonyl (C=O) groups excluding carboxylic acids is 1. The van der Waals surface area contributed by atoms with Gasteiger partial charge >= 0.3 is 0 Å². The second-order valence-corrected chi connectivity index (χ2v) is 4.92. The van der Waals surface area contributed by atoms with Crippen LogP contribution in [0.25, 0.3) is 0 Å². The number of likely N-dealkylation sites (N-methyl/N-ethyl adjacent to an activating group) is 1. The molecule has 1 aliphatic rings. The van der Waals surface area contributed by atoms with E-state index in [1.54, 1.807) is 0 Å². The van der Waals surface area contributed by atoms with Crippen LogP contribution in [0.1, 0.15) is 41.6 Å². The Balaban J connectivity index is 0.00000180. The Labute approximate surface area is 120 Å². The zero-order valence-corrected chi connectivity index (χ0v) is 12.7. The average Bonchev–Trinajstić information content (AvgIpc) is 2.95. The van der Waals surface area contributed by atoms with Gasteiger partial charge in [0.15, 0.2) is 5.76 Å². The smallest absolute Gasteiger partial charge is 0.289 e. The number of hydrogen-bond donors (Lipinski definition) is 1.